The summed E-state index contributed by atoms with van der Waals surface area (Å²) in [6, 6.07) is 5.85. The number of esters is 1. The summed E-state index contributed by atoms with van der Waals surface area (Å²) in [5.41, 5.74) is -6.71. The number of aliphatic hydroxyl groups excluding tert-OH is 2. The number of ketones is 2. The summed E-state index contributed by atoms with van der Waals surface area (Å²) in [7, 11) is 0. The van der Waals surface area contributed by atoms with Crippen LogP contribution in [0.5, 0.6) is 0 Å². The summed E-state index contributed by atoms with van der Waals surface area (Å²) in [6.45, 7) is 0.995. The summed E-state index contributed by atoms with van der Waals surface area (Å²) in [5.74, 6) is -4.70. The van der Waals surface area contributed by atoms with Crippen molar-refractivity contribution >= 4 is 23.4 Å². The number of carbonyl (C=O) groups excluding carboxylic acids is 4. The number of hydrogen-bond donors (Lipinski definition) is 4. The van der Waals surface area contributed by atoms with Crippen molar-refractivity contribution in [3.05, 3.63) is 69.3 Å². The molecule has 4 aliphatic rings. The lowest BCUT2D eigenvalue weighted by Gasteiger charge is -2.62. The Labute approximate surface area is 257 Å². The van der Waals surface area contributed by atoms with Gasteiger partial charge in [-0.25, -0.2) is 4.39 Å². The van der Waals surface area contributed by atoms with Gasteiger partial charge in [0, 0.05) is 22.3 Å². The molecule has 5 rings (SSSR count). The molecule has 14 heteroatoms. The molecule has 0 saturated heterocycles. The van der Waals surface area contributed by atoms with Crippen LogP contribution in [0.4, 0.5) is 4.39 Å². The van der Waals surface area contributed by atoms with Gasteiger partial charge in [-0.3, -0.25) is 19.2 Å². The van der Waals surface area contributed by atoms with Gasteiger partial charge >= 0.3 is 5.97 Å². The van der Waals surface area contributed by atoms with Gasteiger partial charge in [-0.1, -0.05) is 36.8 Å². The molecule has 0 aromatic heterocycles. The number of aliphatic hydroxyl groups is 3. The van der Waals surface area contributed by atoms with E-state index in [9.17, 15) is 44.6 Å². The predicted molar refractivity (Wildman–Crippen MR) is 151 cm³/mol. The first-order valence-corrected chi connectivity index (χ1v) is 14.6. The SMILES string of the molecule is C[C@]12C=CC(=O)C=C1CC[C@H]1[C@@H]3C[C@@H](O)[C@](O)(C(=O)COC(=O)CNC(=O)c4ccccc4CO[N+](=O)[O-])[C@@]3(C)C[C@H](O)[C@@]12F. The Morgan fingerprint density at radius 1 is 1.16 bits per heavy atom. The number of allylic oxidation sites excluding steroid dienone is 4. The maximum absolute atomic E-state index is 17.2. The lowest BCUT2D eigenvalue weighted by atomic mass is 9.44. The van der Waals surface area contributed by atoms with Crippen LogP contribution in [-0.2, 0) is 30.6 Å². The molecule has 1 amide bonds. The highest BCUT2D eigenvalue weighted by molar-refractivity contribution is 6.01. The Kier molecular flexibility index (Phi) is 8.21. The first-order chi connectivity index (χ1) is 21.1. The van der Waals surface area contributed by atoms with E-state index in [0.717, 1.165) is 0 Å². The zero-order valence-corrected chi connectivity index (χ0v) is 24.7. The third-order valence-corrected chi connectivity index (χ3v) is 10.6. The van der Waals surface area contributed by atoms with Crippen LogP contribution in [0.15, 0.2) is 48.1 Å². The van der Waals surface area contributed by atoms with Crippen LogP contribution in [-0.4, -0.2) is 80.5 Å². The number of ether oxygens (including phenoxy) is 1. The summed E-state index contributed by atoms with van der Waals surface area (Å²) in [4.78, 5) is 65.4. The Hall–Kier alpha value is -4.01. The average Bonchev–Trinajstić information content (AvgIpc) is 3.20. The van der Waals surface area contributed by atoms with Crippen molar-refractivity contribution < 1.29 is 53.5 Å². The van der Waals surface area contributed by atoms with Crippen LogP contribution in [0.2, 0.25) is 0 Å². The summed E-state index contributed by atoms with van der Waals surface area (Å²) in [5, 5.41) is 46.0. The summed E-state index contributed by atoms with van der Waals surface area (Å²) in [6.07, 6.45) is 0.920. The third-order valence-electron chi connectivity index (χ3n) is 10.6. The average molecular weight is 631 g/mol. The van der Waals surface area contributed by atoms with Crippen molar-refractivity contribution in [2.24, 2.45) is 22.7 Å². The van der Waals surface area contributed by atoms with Crippen LogP contribution in [0.1, 0.15) is 55.5 Å². The van der Waals surface area contributed by atoms with Gasteiger partial charge in [0.2, 0.25) is 5.78 Å². The topological polar surface area (TPSA) is 203 Å². The van der Waals surface area contributed by atoms with Gasteiger partial charge in [0.05, 0.1) is 12.2 Å². The zero-order valence-electron chi connectivity index (χ0n) is 24.7. The van der Waals surface area contributed by atoms with Crippen molar-refractivity contribution in [2.75, 3.05) is 13.2 Å². The van der Waals surface area contributed by atoms with E-state index < -0.39 is 88.6 Å². The second-order valence-electron chi connectivity index (χ2n) is 12.7. The molecular weight excluding hydrogens is 595 g/mol. The molecule has 242 valence electrons. The fourth-order valence-corrected chi connectivity index (χ4v) is 8.27. The van der Waals surface area contributed by atoms with Gasteiger partial charge in [0.1, 0.15) is 13.2 Å². The number of nitrogens with zero attached hydrogens (tertiary/aromatic N) is 1. The number of hydrogen-bond acceptors (Lipinski definition) is 11. The van der Waals surface area contributed by atoms with E-state index in [4.69, 9.17) is 4.74 Å². The molecule has 3 saturated carbocycles. The number of alkyl halides is 1. The van der Waals surface area contributed by atoms with Crippen molar-refractivity contribution in [1.82, 2.24) is 5.32 Å². The number of carbonyl (C=O) groups is 4. The van der Waals surface area contributed by atoms with Crippen LogP contribution < -0.4 is 5.32 Å². The highest BCUT2D eigenvalue weighted by Gasteiger charge is 2.76. The Morgan fingerprint density at radius 3 is 2.58 bits per heavy atom. The first-order valence-electron chi connectivity index (χ1n) is 14.6. The molecule has 4 N–H and O–H groups in total. The van der Waals surface area contributed by atoms with E-state index in [-0.39, 0.29) is 36.2 Å². The van der Waals surface area contributed by atoms with Gasteiger partial charge in [0.25, 0.3) is 11.0 Å². The molecule has 0 heterocycles. The maximum Gasteiger partial charge on any atom is 0.325 e. The molecule has 4 aliphatic carbocycles. The standard InChI is InChI=1S/C31H35FN2O11/c1-28-10-9-19(35)11-18(28)7-8-21-22-12-23(36)31(41,29(22,2)13-24(37)30(21,28)32)25(38)16-44-26(39)14-33-27(40)20-6-4-3-5-17(20)15-45-34(42)43/h3-6,9-11,21-24,36-37,41H,7-8,12-16H2,1-2H3,(H,33,40)/t21-,22-,23+,24-,28-,29-,30-,31-/m0/s1. The number of Topliss-reactive ketones (excluding diaryl/α,β-unsaturated/α-hetero) is 1. The summed E-state index contributed by atoms with van der Waals surface area (Å²) < 4.78 is 22.3. The molecule has 45 heavy (non-hydrogen) atoms. The van der Waals surface area contributed by atoms with E-state index in [2.05, 4.69) is 10.2 Å². The van der Waals surface area contributed by atoms with Crippen LogP contribution in [0, 0.1) is 32.8 Å². The second kappa shape index (κ2) is 11.4. The third kappa shape index (κ3) is 4.95. The number of benzene rings is 1. The summed E-state index contributed by atoms with van der Waals surface area (Å²) >= 11 is 0. The monoisotopic (exact) mass is 630 g/mol. The molecule has 1 aromatic carbocycles. The fraction of sp³-hybridized carbons (Fsp3) is 0.548. The molecular formula is C31H35FN2O11. The van der Waals surface area contributed by atoms with Crippen molar-refractivity contribution in [1.29, 1.82) is 0 Å². The van der Waals surface area contributed by atoms with E-state index in [1.807, 2.05) is 0 Å². The largest absolute Gasteiger partial charge is 0.456 e. The Bertz CT molecular complexity index is 1510. The fourth-order valence-electron chi connectivity index (χ4n) is 8.27. The normalized spacial score (nSPS) is 36.6. The molecule has 13 nitrogen and oxygen atoms in total. The van der Waals surface area contributed by atoms with E-state index in [1.54, 1.807) is 13.0 Å². The Morgan fingerprint density at radius 2 is 1.87 bits per heavy atom. The van der Waals surface area contributed by atoms with Crippen LogP contribution >= 0.6 is 0 Å². The van der Waals surface area contributed by atoms with Gasteiger partial charge in [-0.05, 0) is 62.3 Å². The zero-order chi connectivity index (χ0) is 32.9. The number of amides is 1. The van der Waals surface area contributed by atoms with Crippen molar-refractivity contribution in [3.63, 3.8) is 0 Å². The number of halogens is 1. The molecule has 3 fully saturated rings. The minimum absolute atomic E-state index is 0.0138. The van der Waals surface area contributed by atoms with Gasteiger partial charge < -0.3 is 30.2 Å². The van der Waals surface area contributed by atoms with Crippen molar-refractivity contribution in [2.45, 2.75) is 69.6 Å². The quantitative estimate of drug-likeness (QED) is 0.174. The van der Waals surface area contributed by atoms with E-state index >= 15 is 4.39 Å². The van der Waals surface area contributed by atoms with E-state index in [0.29, 0.717) is 12.0 Å². The molecule has 0 aliphatic heterocycles. The van der Waals surface area contributed by atoms with E-state index in [1.165, 1.54) is 43.4 Å². The maximum atomic E-state index is 17.2. The molecule has 0 bridgehead atoms. The smallest absolute Gasteiger partial charge is 0.325 e. The molecule has 1 aromatic rings. The minimum Gasteiger partial charge on any atom is -0.456 e. The highest BCUT2D eigenvalue weighted by Crippen LogP contribution is 2.69. The van der Waals surface area contributed by atoms with Gasteiger partial charge in [-0.15, -0.1) is 10.1 Å². The molecule has 0 spiro atoms. The second-order valence-corrected chi connectivity index (χ2v) is 12.7. The van der Waals surface area contributed by atoms with Gasteiger partial charge in [0.15, 0.2) is 23.7 Å². The first kappa shape index (κ1) is 32.4. The minimum atomic E-state index is -2.48. The number of nitrogens with one attached hydrogen (secondary N) is 1. The highest BCUT2D eigenvalue weighted by atomic mass is 19.1. The predicted octanol–water partition coefficient (Wildman–Crippen LogP) is 1.31. The van der Waals surface area contributed by atoms with Crippen LogP contribution in [0.25, 0.3) is 0 Å². The lowest BCUT2D eigenvalue weighted by molar-refractivity contribution is -0.763. The van der Waals surface area contributed by atoms with Crippen LogP contribution in [0.3, 0.4) is 0 Å². The number of rotatable bonds is 9. The van der Waals surface area contributed by atoms with Crippen molar-refractivity contribution in [3.8, 4) is 0 Å². The van der Waals surface area contributed by atoms with Gasteiger partial charge in [-0.2, -0.15) is 0 Å². The molecule has 0 unspecified atom stereocenters. The molecule has 8 atom stereocenters. The number of fused-ring (bicyclic) bond motifs is 5. The Balaban J connectivity index is 1.26. The lowest BCUT2D eigenvalue weighted by Crippen LogP contribution is -2.69. The molecule has 0 radical (unpaired) electrons.